The van der Waals surface area contributed by atoms with E-state index in [1.165, 1.54) is 31.5 Å². The number of alkyl halides is 6. The van der Waals surface area contributed by atoms with E-state index in [2.05, 4.69) is 50.6 Å². The van der Waals surface area contributed by atoms with Crippen molar-refractivity contribution in [3.8, 4) is 0 Å². The van der Waals surface area contributed by atoms with Crippen molar-refractivity contribution in [2.24, 2.45) is 20.4 Å². The molecule has 169 valence electrons. The van der Waals surface area contributed by atoms with Crippen molar-refractivity contribution in [1.29, 1.82) is 0 Å². The van der Waals surface area contributed by atoms with Crippen molar-refractivity contribution < 1.29 is 43.4 Å². The van der Waals surface area contributed by atoms with Gasteiger partial charge in [-0.3, -0.25) is 4.98 Å². The van der Waals surface area contributed by atoms with E-state index in [1.807, 2.05) is 10.6 Å². The molecule has 0 spiro atoms. The first-order valence-electron chi connectivity index (χ1n) is 7.51. The zero-order valence-electron chi connectivity index (χ0n) is 14.8. The summed E-state index contributed by atoms with van der Waals surface area (Å²) >= 11 is 9.28. The van der Waals surface area contributed by atoms with Crippen LogP contribution in [-0.2, 0) is 42.3 Å². The summed E-state index contributed by atoms with van der Waals surface area (Å²) in [5, 5.41) is 17.1. The Hall–Kier alpha value is -2.03. The van der Waals surface area contributed by atoms with Crippen molar-refractivity contribution in [2.45, 2.75) is 19.3 Å². The fourth-order valence-electron chi connectivity index (χ4n) is 1.53. The van der Waals surface area contributed by atoms with Crippen LogP contribution in [-0.4, -0.2) is 52.2 Å². The molecule has 0 amide bonds. The number of amidine groups is 2. The molecule has 0 fully saturated rings. The van der Waals surface area contributed by atoms with Crippen LogP contribution >= 0.6 is 0 Å². The third-order valence-electron chi connectivity index (χ3n) is 2.71. The zero-order valence-corrected chi connectivity index (χ0v) is 17.4. The normalized spacial score (nSPS) is 14.2. The number of pyridine rings is 1. The van der Waals surface area contributed by atoms with Gasteiger partial charge < -0.3 is 35.9 Å². The number of aromatic nitrogens is 1. The molecule has 0 unspecified atom stereocenters. The Morgan fingerprint density at radius 3 is 1.73 bits per heavy atom. The molecule has 1 rings (SSSR count). The molecule has 1 aromatic heterocycles. The molecule has 1 radical (unpaired) electrons. The molecule has 16 heteroatoms. The summed E-state index contributed by atoms with van der Waals surface area (Å²) in [6, 6.07) is 3.00. The fourth-order valence-corrected chi connectivity index (χ4v) is 1.76. The Morgan fingerprint density at radius 1 is 0.867 bits per heavy atom. The summed E-state index contributed by atoms with van der Waals surface area (Å²) in [5.74, 6) is 0. The van der Waals surface area contributed by atoms with Gasteiger partial charge >= 0.3 is 29.4 Å². The number of rotatable bonds is 6. The van der Waals surface area contributed by atoms with Gasteiger partial charge in [0.15, 0.2) is 0 Å². The maximum Gasteiger partial charge on any atom is 2.00 e. The monoisotopic (exact) mass is 520 g/mol. The standard InChI is InChI=1S/C14H15F6N7S2.Cu/c1-8(24-26-11(28)22-6-13(15,16)17)10(9-2-4-21-5-3-9)25-27-12(29)23-7-14(18,19)20;/h2-5H,6-7H2,1H3,(H2,22,26,28)(H2,23,27,29);/q;+2/p-2/b24-8+,25-10-;. The first-order valence-corrected chi connectivity index (χ1v) is 8.33. The topological polar surface area (TPSA) is 86.4 Å². The Labute approximate surface area is 188 Å². The number of halogens is 6. The van der Waals surface area contributed by atoms with Gasteiger partial charge in [-0.2, -0.15) is 41.6 Å². The van der Waals surface area contributed by atoms with Crippen LogP contribution in [0.5, 0.6) is 0 Å². The van der Waals surface area contributed by atoms with E-state index in [1.54, 1.807) is 0 Å². The summed E-state index contributed by atoms with van der Waals surface area (Å²) in [4.78, 5) is 3.81. The molecule has 1 aromatic rings. The van der Waals surface area contributed by atoms with Crippen LogP contribution in [0, 0.1) is 0 Å². The average Bonchev–Trinajstić information content (AvgIpc) is 2.63. The van der Waals surface area contributed by atoms with Gasteiger partial charge in [0.25, 0.3) is 0 Å². The molecule has 0 aromatic carbocycles. The van der Waals surface area contributed by atoms with Crippen LogP contribution in [0.3, 0.4) is 0 Å². The van der Waals surface area contributed by atoms with Crippen molar-refractivity contribution in [3.05, 3.63) is 30.1 Å². The molecule has 0 saturated heterocycles. The summed E-state index contributed by atoms with van der Waals surface area (Å²) in [7, 11) is 0. The number of hydrogen-bond acceptors (Lipinski definition) is 7. The minimum Gasteiger partial charge on any atom is -0.741 e. The van der Waals surface area contributed by atoms with Gasteiger partial charge in [0, 0.05) is 18.0 Å². The average molecular weight is 521 g/mol. The van der Waals surface area contributed by atoms with Crippen molar-refractivity contribution in [1.82, 2.24) is 15.6 Å². The molecule has 2 N–H and O–H groups in total. The second kappa shape index (κ2) is 12.6. The number of nitrogens with zero attached hydrogens (tertiary/aromatic N) is 5. The SMILES string of the molecule is CC(=N\N=C(/[S-])NCC(F)(F)F)/C(=N/N=C(\[S-])NCC(F)(F)F)c1ccncc1.[Cu+2]. The summed E-state index contributed by atoms with van der Waals surface area (Å²) < 4.78 is 73.0. The van der Waals surface area contributed by atoms with Gasteiger partial charge in [0.05, 0.1) is 5.71 Å². The van der Waals surface area contributed by atoms with Gasteiger partial charge in [0.1, 0.15) is 18.8 Å². The van der Waals surface area contributed by atoms with E-state index in [0.717, 1.165) is 0 Å². The molecular weight excluding hydrogens is 508 g/mol. The van der Waals surface area contributed by atoms with E-state index in [9.17, 15) is 26.3 Å². The second-order valence-corrected chi connectivity index (χ2v) is 5.89. The van der Waals surface area contributed by atoms with E-state index in [-0.39, 0.29) is 28.5 Å². The quantitative estimate of drug-likeness (QED) is 0.150. The van der Waals surface area contributed by atoms with Crippen LogP contribution in [0.4, 0.5) is 26.3 Å². The predicted molar refractivity (Wildman–Crippen MR) is 102 cm³/mol. The summed E-state index contributed by atoms with van der Waals surface area (Å²) in [6.07, 6.45) is -6.16. The van der Waals surface area contributed by atoms with E-state index in [0.29, 0.717) is 5.56 Å². The molecule has 0 aliphatic heterocycles. The van der Waals surface area contributed by atoms with Crippen LogP contribution in [0.25, 0.3) is 0 Å². The first kappa shape index (κ1) is 28.0. The maximum atomic E-state index is 12.2. The van der Waals surface area contributed by atoms with Gasteiger partial charge in [-0.25, -0.2) is 0 Å². The van der Waals surface area contributed by atoms with Crippen molar-refractivity contribution >= 4 is 47.0 Å². The fraction of sp³-hybridized carbons (Fsp3) is 0.357. The van der Waals surface area contributed by atoms with Gasteiger partial charge in [-0.1, -0.05) is 0 Å². The zero-order chi connectivity index (χ0) is 22.1. The molecule has 1 heterocycles. The van der Waals surface area contributed by atoms with Gasteiger partial charge in [-0.15, -0.1) is 5.10 Å². The minimum atomic E-state index is -4.49. The Bertz CT molecular complexity index is 794. The molecule has 0 aliphatic rings. The summed E-state index contributed by atoms with van der Waals surface area (Å²) in [5.41, 5.74) is 0.522. The van der Waals surface area contributed by atoms with E-state index < -0.39 is 35.8 Å². The Kier molecular flexibility index (Phi) is 11.8. The molecule has 0 aliphatic carbocycles. The maximum absolute atomic E-state index is 12.2. The molecule has 0 atom stereocenters. The Morgan fingerprint density at radius 2 is 1.30 bits per heavy atom. The van der Waals surface area contributed by atoms with Crippen molar-refractivity contribution in [2.75, 3.05) is 13.1 Å². The molecule has 7 nitrogen and oxygen atoms in total. The minimum absolute atomic E-state index is 0. The smallest absolute Gasteiger partial charge is 0.741 e. The van der Waals surface area contributed by atoms with Gasteiger partial charge in [-0.05, 0) is 29.4 Å². The summed E-state index contributed by atoms with van der Waals surface area (Å²) in [6.45, 7) is -1.38. The van der Waals surface area contributed by atoms with Gasteiger partial charge in [0.2, 0.25) is 0 Å². The van der Waals surface area contributed by atoms with E-state index in [4.69, 9.17) is 0 Å². The first-order chi connectivity index (χ1) is 13.4. The van der Waals surface area contributed by atoms with Crippen LogP contribution in [0.2, 0.25) is 0 Å². The largest absolute Gasteiger partial charge is 2.00 e. The molecule has 0 bridgehead atoms. The molecule has 30 heavy (non-hydrogen) atoms. The molecule has 0 saturated carbocycles. The van der Waals surface area contributed by atoms with E-state index >= 15 is 0 Å². The third-order valence-corrected chi connectivity index (χ3v) is 3.16. The number of nitrogens with one attached hydrogen (secondary N) is 2. The Balaban J connectivity index is 0.00000841. The molecular formula is C14H13CuF6N7S2. The number of hydrogen-bond donors (Lipinski definition) is 2. The predicted octanol–water partition coefficient (Wildman–Crippen LogP) is 2.27. The third kappa shape index (κ3) is 12.5. The van der Waals surface area contributed by atoms with Crippen LogP contribution in [0.1, 0.15) is 12.5 Å². The second-order valence-electron chi connectivity index (χ2n) is 5.12. The van der Waals surface area contributed by atoms with Crippen LogP contribution in [0.15, 0.2) is 44.9 Å². The van der Waals surface area contributed by atoms with Crippen molar-refractivity contribution in [3.63, 3.8) is 0 Å². The van der Waals surface area contributed by atoms with Crippen LogP contribution < -0.4 is 10.6 Å².